The van der Waals surface area contributed by atoms with Crippen molar-refractivity contribution < 1.29 is 14.1 Å². The first kappa shape index (κ1) is 16.2. The molecule has 2 saturated heterocycles. The average Bonchev–Trinajstić information content (AvgIpc) is 3.48. The second kappa shape index (κ2) is 6.66. The molecule has 0 aromatic carbocycles. The average molecular weight is 368 g/mol. The maximum Gasteiger partial charge on any atom is 0.292 e. The van der Waals surface area contributed by atoms with E-state index in [2.05, 4.69) is 26.4 Å². The summed E-state index contributed by atoms with van der Waals surface area (Å²) in [7, 11) is 0. The van der Waals surface area contributed by atoms with Crippen LogP contribution in [-0.4, -0.2) is 63.6 Å². The van der Waals surface area contributed by atoms with Gasteiger partial charge in [-0.15, -0.1) is 5.10 Å². The molecule has 5 rings (SSSR count). The van der Waals surface area contributed by atoms with Crippen molar-refractivity contribution in [1.29, 1.82) is 0 Å². The van der Waals surface area contributed by atoms with E-state index >= 15 is 0 Å². The van der Waals surface area contributed by atoms with Crippen molar-refractivity contribution in [2.24, 2.45) is 0 Å². The summed E-state index contributed by atoms with van der Waals surface area (Å²) in [4.78, 5) is 16.6. The number of ether oxygens (including phenoxy) is 1. The zero-order valence-electron chi connectivity index (χ0n) is 14.8. The first-order valence-corrected chi connectivity index (χ1v) is 9.21. The number of amides is 1. The molecule has 1 unspecified atom stereocenters. The molecule has 9 nitrogen and oxygen atoms in total. The van der Waals surface area contributed by atoms with E-state index in [0.717, 1.165) is 30.0 Å². The van der Waals surface area contributed by atoms with Crippen molar-refractivity contribution >= 4 is 17.1 Å². The molecule has 0 radical (unpaired) electrons. The Morgan fingerprint density at radius 2 is 2.04 bits per heavy atom. The third kappa shape index (κ3) is 2.93. The summed E-state index contributed by atoms with van der Waals surface area (Å²) in [5, 5.41) is 12.2. The van der Waals surface area contributed by atoms with E-state index in [1.807, 2.05) is 12.3 Å². The lowest BCUT2D eigenvalue weighted by Gasteiger charge is -2.31. The Bertz CT molecular complexity index is 947. The molecular weight excluding hydrogens is 348 g/mol. The Morgan fingerprint density at radius 3 is 2.85 bits per heavy atom. The van der Waals surface area contributed by atoms with Crippen LogP contribution in [0.2, 0.25) is 0 Å². The summed E-state index contributed by atoms with van der Waals surface area (Å²) in [5.74, 6) is 0.0484. The third-order valence-electron chi connectivity index (χ3n) is 5.20. The molecule has 9 heteroatoms. The lowest BCUT2D eigenvalue weighted by Crippen LogP contribution is -2.42. The summed E-state index contributed by atoms with van der Waals surface area (Å²) >= 11 is 0. The number of hydrogen-bond acceptors (Lipinski definition) is 7. The lowest BCUT2D eigenvalue weighted by atomic mass is 10.1. The minimum absolute atomic E-state index is 0.186. The fourth-order valence-electron chi connectivity index (χ4n) is 3.78. The standard InChI is InChI=1S/C18H20N6O3/c25-18(15-5-6-19-27-15)23-9-10-26-16(12-23)17-14-4-3-13(11-24(14)21-20-17)22-7-1-2-8-22/h3-6,11,16H,1-2,7-10,12H2. The molecule has 1 amide bonds. The molecule has 0 bridgehead atoms. The quantitative estimate of drug-likeness (QED) is 0.693. The highest BCUT2D eigenvalue weighted by Gasteiger charge is 2.30. The van der Waals surface area contributed by atoms with Gasteiger partial charge in [-0.05, 0) is 25.0 Å². The Morgan fingerprint density at radius 1 is 1.15 bits per heavy atom. The van der Waals surface area contributed by atoms with Crippen LogP contribution in [-0.2, 0) is 4.74 Å². The molecular formula is C18H20N6O3. The number of pyridine rings is 1. The van der Waals surface area contributed by atoms with E-state index in [1.165, 1.54) is 19.0 Å². The number of anilines is 1. The van der Waals surface area contributed by atoms with Gasteiger partial charge in [-0.3, -0.25) is 4.79 Å². The van der Waals surface area contributed by atoms with Crippen molar-refractivity contribution in [3.63, 3.8) is 0 Å². The summed E-state index contributed by atoms with van der Waals surface area (Å²) < 4.78 is 12.7. The largest absolute Gasteiger partial charge is 0.370 e. The predicted octanol–water partition coefficient (Wildman–Crippen LogP) is 1.53. The third-order valence-corrected chi connectivity index (χ3v) is 5.20. The van der Waals surface area contributed by atoms with Crippen LogP contribution in [0.1, 0.15) is 35.2 Å². The number of hydrogen-bond donors (Lipinski definition) is 0. The number of aromatic nitrogens is 4. The molecule has 1 atom stereocenters. The molecule has 27 heavy (non-hydrogen) atoms. The minimum atomic E-state index is -0.319. The van der Waals surface area contributed by atoms with Gasteiger partial charge in [0.15, 0.2) is 0 Å². The van der Waals surface area contributed by atoms with Crippen molar-refractivity contribution in [3.05, 3.63) is 42.0 Å². The van der Waals surface area contributed by atoms with Crippen molar-refractivity contribution in [2.45, 2.75) is 18.9 Å². The highest BCUT2D eigenvalue weighted by atomic mass is 16.5. The van der Waals surface area contributed by atoms with Crippen LogP contribution in [0.4, 0.5) is 5.69 Å². The van der Waals surface area contributed by atoms with E-state index in [0.29, 0.717) is 19.7 Å². The fraction of sp³-hybridized carbons (Fsp3) is 0.444. The molecule has 3 aromatic rings. The Balaban J connectivity index is 1.38. The molecule has 5 heterocycles. The van der Waals surface area contributed by atoms with Crippen LogP contribution in [0.25, 0.3) is 5.52 Å². The van der Waals surface area contributed by atoms with Gasteiger partial charge in [0, 0.05) is 25.7 Å². The van der Waals surface area contributed by atoms with Gasteiger partial charge < -0.3 is 19.1 Å². The Hall–Kier alpha value is -2.94. The van der Waals surface area contributed by atoms with Gasteiger partial charge >= 0.3 is 0 Å². The van der Waals surface area contributed by atoms with E-state index < -0.39 is 0 Å². The van der Waals surface area contributed by atoms with Crippen LogP contribution in [0, 0.1) is 0 Å². The first-order valence-electron chi connectivity index (χ1n) is 9.21. The number of carbonyl (C=O) groups is 1. The highest BCUT2D eigenvalue weighted by Crippen LogP contribution is 2.27. The van der Waals surface area contributed by atoms with Crippen molar-refractivity contribution in [3.8, 4) is 0 Å². The normalized spacial score (nSPS) is 20.5. The van der Waals surface area contributed by atoms with Gasteiger partial charge in [0.2, 0.25) is 5.76 Å². The number of nitrogens with zero attached hydrogens (tertiary/aromatic N) is 6. The van der Waals surface area contributed by atoms with Gasteiger partial charge in [0.1, 0.15) is 11.8 Å². The van der Waals surface area contributed by atoms with Gasteiger partial charge in [-0.2, -0.15) is 0 Å². The molecule has 2 aliphatic heterocycles. The minimum Gasteiger partial charge on any atom is -0.370 e. The molecule has 2 fully saturated rings. The van der Waals surface area contributed by atoms with Crippen LogP contribution in [0.15, 0.2) is 35.1 Å². The highest BCUT2D eigenvalue weighted by molar-refractivity contribution is 5.91. The van der Waals surface area contributed by atoms with Gasteiger partial charge in [-0.25, -0.2) is 4.52 Å². The maximum atomic E-state index is 12.5. The summed E-state index contributed by atoms with van der Waals surface area (Å²) in [6, 6.07) is 5.71. The monoisotopic (exact) mass is 368 g/mol. The van der Waals surface area contributed by atoms with Crippen molar-refractivity contribution in [2.75, 3.05) is 37.7 Å². The number of carbonyl (C=O) groups excluding carboxylic acids is 1. The Labute approximate surface area is 155 Å². The van der Waals surface area contributed by atoms with Crippen LogP contribution >= 0.6 is 0 Å². The summed E-state index contributed by atoms with van der Waals surface area (Å²) in [6.07, 6.45) is 5.62. The van der Waals surface area contributed by atoms with Gasteiger partial charge in [0.25, 0.3) is 5.91 Å². The topological polar surface area (TPSA) is 89.0 Å². The molecule has 2 aliphatic rings. The Kier molecular flexibility index (Phi) is 4.01. The van der Waals surface area contributed by atoms with Crippen LogP contribution in [0.5, 0.6) is 0 Å². The second-order valence-corrected chi connectivity index (χ2v) is 6.87. The fourth-order valence-corrected chi connectivity index (χ4v) is 3.78. The molecule has 3 aromatic heterocycles. The van der Waals surface area contributed by atoms with E-state index in [1.54, 1.807) is 15.5 Å². The van der Waals surface area contributed by atoms with Crippen molar-refractivity contribution in [1.82, 2.24) is 24.9 Å². The smallest absolute Gasteiger partial charge is 0.292 e. The zero-order chi connectivity index (χ0) is 18.2. The second-order valence-electron chi connectivity index (χ2n) is 6.87. The van der Waals surface area contributed by atoms with E-state index in [-0.39, 0.29) is 17.8 Å². The SMILES string of the molecule is O=C(c1ccno1)N1CCOC(c2nnn3cc(N4CCCC4)ccc23)C1. The number of rotatable bonds is 3. The molecule has 0 spiro atoms. The summed E-state index contributed by atoms with van der Waals surface area (Å²) in [5.41, 5.74) is 2.80. The van der Waals surface area contributed by atoms with E-state index in [4.69, 9.17) is 9.26 Å². The molecule has 0 saturated carbocycles. The number of morpholine rings is 1. The maximum absolute atomic E-state index is 12.5. The van der Waals surface area contributed by atoms with Gasteiger partial charge in [-0.1, -0.05) is 10.4 Å². The molecule has 0 N–H and O–H groups in total. The zero-order valence-corrected chi connectivity index (χ0v) is 14.8. The van der Waals surface area contributed by atoms with Gasteiger partial charge in [0.05, 0.1) is 36.7 Å². The number of fused-ring (bicyclic) bond motifs is 1. The molecule has 0 aliphatic carbocycles. The molecule has 140 valence electrons. The van der Waals surface area contributed by atoms with Crippen LogP contribution < -0.4 is 4.90 Å². The first-order chi connectivity index (χ1) is 13.3. The lowest BCUT2D eigenvalue weighted by molar-refractivity contribution is -0.0252. The predicted molar refractivity (Wildman–Crippen MR) is 95.5 cm³/mol. The van der Waals surface area contributed by atoms with E-state index in [9.17, 15) is 4.79 Å². The van der Waals surface area contributed by atoms with Crippen LogP contribution in [0.3, 0.4) is 0 Å². The summed E-state index contributed by atoms with van der Waals surface area (Å²) in [6.45, 7) is 3.51.